The average molecular weight is 415 g/mol. The van der Waals surface area contributed by atoms with Crippen LogP contribution < -0.4 is 10.6 Å². The number of aliphatic imine (C=N–C) groups is 2. The maximum atomic E-state index is 5.21. The van der Waals surface area contributed by atoms with E-state index in [0.29, 0.717) is 0 Å². The Balaban J connectivity index is 1.53. The maximum Gasteiger partial charge on any atom is 0.133 e. The van der Waals surface area contributed by atoms with Gasteiger partial charge in [0.2, 0.25) is 0 Å². The van der Waals surface area contributed by atoms with Crippen LogP contribution in [0.2, 0.25) is 0 Å². The lowest BCUT2D eigenvalue weighted by atomic mass is 9.89. The van der Waals surface area contributed by atoms with Crippen LogP contribution in [0.15, 0.2) is 119 Å². The number of rotatable bonds is 3. The molecule has 0 aliphatic carbocycles. The largest absolute Gasteiger partial charge is 0.340 e. The molecule has 32 heavy (non-hydrogen) atoms. The summed E-state index contributed by atoms with van der Waals surface area (Å²) in [5, 5.41) is 7.07. The second kappa shape index (κ2) is 7.82. The first-order chi connectivity index (χ1) is 15.9. The fourth-order valence-electron chi connectivity index (χ4n) is 4.44. The Morgan fingerprint density at radius 2 is 0.812 bits per heavy atom. The molecule has 0 amide bonds. The highest BCUT2D eigenvalue weighted by atomic mass is 15.1. The van der Waals surface area contributed by atoms with E-state index in [1.165, 1.54) is 0 Å². The first-order valence-electron chi connectivity index (χ1n) is 10.9. The van der Waals surface area contributed by atoms with Crippen molar-refractivity contribution in [1.82, 2.24) is 0 Å². The number of benzene rings is 4. The normalized spacial score (nSPS) is 18.9. The molecule has 0 radical (unpaired) electrons. The third-order valence-corrected chi connectivity index (χ3v) is 5.99. The van der Waals surface area contributed by atoms with Gasteiger partial charge in [-0.15, -0.1) is 0 Å². The maximum absolute atomic E-state index is 5.21. The number of nitrogens with zero attached hydrogens (tertiary/aromatic N) is 2. The van der Waals surface area contributed by atoms with Crippen molar-refractivity contribution in [2.75, 3.05) is 10.6 Å². The Morgan fingerprint density at radius 1 is 0.438 bits per heavy atom. The monoisotopic (exact) mass is 414 g/mol. The summed E-state index contributed by atoms with van der Waals surface area (Å²) < 4.78 is 0. The Morgan fingerprint density at radius 3 is 1.25 bits per heavy atom. The molecule has 0 spiro atoms. The number of nitrogens with one attached hydrogen (secondary N) is 2. The highest BCUT2D eigenvalue weighted by Gasteiger charge is 2.34. The topological polar surface area (TPSA) is 48.8 Å². The van der Waals surface area contributed by atoms with Gasteiger partial charge in [-0.1, -0.05) is 97.1 Å². The molecule has 4 aromatic carbocycles. The molecule has 0 saturated heterocycles. The van der Waals surface area contributed by atoms with E-state index in [4.69, 9.17) is 9.98 Å². The Kier molecular flexibility index (Phi) is 4.54. The zero-order chi connectivity index (χ0) is 21.3. The smallest absolute Gasteiger partial charge is 0.133 e. The molecule has 2 aliphatic heterocycles. The lowest BCUT2D eigenvalue weighted by molar-refractivity contribution is 0.575. The molecule has 2 aliphatic rings. The minimum Gasteiger partial charge on any atom is -0.340 e. The summed E-state index contributed by atoms with van der Waals surface area (Å²) in [6.07, 6.45) is 0. The van der Waals surface area contributed by atoms with Crippen LogP contribution in [0.25, 0.3) is 0 Å². The molecule has 0 bridgehead atoms. The van der Waals surface area contributed by atoms with Gasteiger partial charge in [0.15, 0.2) is 0 Å². The SMILES string of the molecule is c1ccc(C2=NC(C3N=C(c4ccccc4)Nc4ccccc43)c3ccccc3N2)cc1. The number of amidine groups is 2. The van der Waals surface area contributed by atoms with Crippen molar-refractivity contribution in [1.29, 1.82) is 0 Å². The molecule has 0 saturated carbocycles. The number of hydrogen-bond acceptors (Lipinski definition) is 4. The zero-order valence-electron chi connectivity index (χ0n) is 17.4. The van der Waals surface area contributed by atoms with Gasteiger partial charge in [0, 0.05) is 33.6 Å². The van der Waals surface area contributed by atoms with E-state index in [0.717, 1.165) is 45.3 Å². The van der Waals surface area contributed by atoms with Crippen LogP contribution in [0, 0.1) is 0 Å². The second-order valence-corrected chi connectivity index (χ2v) is 8.00. The molecule has 154 valence electrons. The third kappa shape index (κ3) is 3.26. The van der Waals surface area contributed by atoms with Crippen LogP contribution in [0.4, 0.5) is 11.4 Å². The molecule has 2 unspecified atom stereocenters. The lowest BCUT2D eigenvalue weighted by Gasteiger charge is -2.33. The molecule has 4 nitrogen and oxygen atoms in total. The number of fused-ring (bicyclic) bond motifs is 2. The predicted molar refractivity (Wildman–Crippen MR) is 132 cm³/mol. The van der Waals surface area contributed by atoms with Crippen LogP contribution >= 0.6 is 0 Å². The number of hydrogen-bond donors (Lipinski definition) is 2. The highest BCUT2D eigenvalue weighted by Crippen LogP contribution is 2.45. The van der Waals surface area contributed by atoms with Crippen molar-refractivity contribution in [3.05, 3.63) is 131 Å². The molecular formula is C28H22N4. The minimum absolute atomic E-state index is 0.135. The minimum atomic E-state index is -0.135. The van der Waals surface area contributed by atoms with Gasteiger partial charge in [0.1, 0.15) is 23.8 Å². The fraction of sp³-hybridized carbons (Fsp3) is 0.0714. The van der Waals surface area contributed by atoms with Gasteiger partial charge >= 0.3 is 0 Å². The van der Waals surface area contributed by atoms with Crippen molar-refractivity contribution in [3.63, 3.8) is 0 Å². The van der Waals surface area contributed by atoms with E-state index in [1.54, 1.807) is 0 Å². The van der Waals surface area contributed by atoms with Gasteiger partial charge in [-0.25, -0.2) is 0 Å². The van der Waals surface area contributed by atoms with Gasteiger partial charge in [0.05, 0.1) is 0 Å². The summed E-state index contributed by atoms with van der Waals surface area (Å²) in [5.74, 6) is 1.75. The standard InChI is InChI=1S/C28H22N4/c1-3-11-19(12-4-1)27-29-23-17-9-7-15-21(23)25(31-27)26-22-16-8-10-18-24(22)30-28(32-26)20-13-5-2-6-14-20/h1-18,25-26H,(H,29,31)(H,30,32). The van der Waals surface area contributed by atoms with Crippen LogP contribution in [0.1, 0.15) is 34.3 Å². The molecule has 2 N–H and O–H groups in total. The summed E-state index contributed by atoms with van der Waals surface area (Å²) in [5.41, 5.74) is 6.62. The Labute approximate surface area is 187 Å². The van der Waals surface area contributed by atoms with Gasteiger partial charge in [-0.2, -0.15) is 0 Å². The quantitative estimate of drug-likeness (QED) is 0.418. The van der Waals surface area contributed by atoms with Crippen LogP contribution in [0.5, 0.6) is 0 Å². The first-order valence-corrected chi connectivity index (χ1v) is 10.9. The molecular weight excluding hydrogens is 392 g/mol. The van der Waals surface area contributed by atoms with E-state index >= 15 is 0 Å². The number of para-hydroxylation sites is 2. The fourth-order valence-corrected chi connectivity index (χ4v) is 4.44. The number of anilines is 2. The van der Waals surface area contributed by atoms with Crippen molar-refractivity contribution < 1.29 is 0 Å². The van der Waals surface area contributed by atoms with E-state index in [-0.39, 0.29) is 12.1 Å². The predicted octanol–water partition coefficient (Wildman–Crippen LogP) is 6.21. The second-order valence-electron chi connectivity index (χ2n) is 8.00. The van der Waals surface area contributed by atoms with Crippen molar-refractivity contribution in [2.24, 2.45) is 9.98 Å². The van der Waals surface area contributed by atoms with Gasteiger partial charge < -0.3 is 10.6 Å². The lowest BCUT2D eigenvalue weighted by Crippen LogP contribution is -2.28. The zero-order valence-corrected chi connectivity index (χ0v) is 17.4. The summed E-state index contributed by atoms with van der Waals surface area (Å²) in [7, 11) is 0. The molecule has 2 atom stereocenters. The summed E-state index contributed by atoms with van der Waals surface area (Å²) in [4.78, 5) is 10.4. The van der Waals surface area contributed by atoms with Crippen LogP contribution in [0.3, 0.4) is 0 Å². The van der Waals surface area contributed by atoms with E-state index in [2.05, 4.69) is 83.4 Å². The van der Waals surface area contributed by atoms with Gasteiger partial charge in [-0.05, 0) is 12.1 Å². The molecule has 4 heteroatoms. The summed E-state index contributed by atoms with van der Waals surface area (Å²) >= 11 is 0. The molecule has 4 aromatic rings. The summed E-state index contributed by atoms with van der Waals surface area (Å²) in [6, 6.07) is 37.1. The Bertz CT molecular complexity index is 1220. The Hall–Kier alpha value is -4.18. The van der Waals surface area contributed by atoms with E-state index < -0.39 is 0 Å². The van der Waals surface area contributed by atoms with Gasteiger partial charge in [-0.3, -0.25) is 9.98 Å². The van der Waals surface area contributed by atoms with E-state index in [1.807, 2.05) is 36.4 Å². The first kappa shape index (κ1) is 18.6. The van der Waals surface area contributed by atoms with Crippen molar-refractivity contribution >= 4 is 23.0 Å². The summed E-state index contributed by atoms with van der Waals surface area (Å²) in [6.45, 7) is 0. The molecule has 0 fully saturated rings. The van der Waals surface area contributed by atoms with Gasteiger partial charge in [0.25, 0.3) is 0 Å². The third-order valence-electron chi connectivity index (χ3n) is 5.99. The van der Waals surface area contributed by atoms with Crippen molar-refractivity contribution in [3.8, 4) is 0 Å². The van der Waals surface area contributed by atoms with Crippen molar-refractivity contribution in [2.45, 2.75) is 12.1 Å². The van der Waals surface area contributed by atoms with E-state index in [9.17, 15) is 0 Å². The molecule has 0 aromatic heterocycles. The average Bonchev–Trinajstić information content (AvgIpc) is 2.88. The molecule has 2 heterocycles. The van der Waals surface area contributed by atoms with Crippen LogP contribution in [-0.2, 0) is 0 Å². The highest BCUT2D eigenvalue weighted by molar-refractivity contribution is 6.11. The molecule has 6 rings (SSSR count). The van der Waals surface area contributed by atoms with Crippen LogP contribution in [-0.4, -0.2) is 11.7 Å².